The van der Waals surface area contributed by atoms with Crippen molar-refractivity contribution in [3.63, 3.8) is 0 Å². The Morgan fingerprint density at radius 2 is 1.89 bits per heavy atom. The quantitative estimate of drug-likeness (QED) is 0.189. The fraction of sp³-hybridized carbons (Fsp3) is 0.400. The highest BCUT2D eigenvalue weighted by atomic mass is 79.9. The van der Waals surface area contributed by atoms with Gasteiger partial charge < -0.3 is 14.3 Å². The maximum absolute atomic E-state index is 13.5. The van der Waals surface area contributed by atoms with Gasteiger partial charge in [0.25, 0.3) is 5.91 Å². The van der Waals surface area contributed by atoms with Gasteiger partial charge in [-0.25, -0.2) is 0 Å². The number of benzene rings is 2. The third-order valence-corrected chi connectivity index (χ3v) is 7.41. The van der Waals surface area contributed by atoms with Crippen molar-refractivity contribution >= 4 is 27.7 Å². The smallest absolute Gasteiger partial charge is 0.254 e. The van der Waals surface area contributed by atoms with Gasteiger partial charge in [-0.2, -0.15) is 4.98 Å². The van der Waals surface area contributed by atoms with Crippen molar-refractivity contribution in [3.05, 3.63) is 82.7 Å². The maximum atomic E-state index is 13.5. The van der Waals surface area contributed by atoms with Gasteiger partial charge in [0.2, 0.25) is 17.6 Å². The molecule has 1 aliphatic rings. The summed E-state index contributed by atoms with van der Waals surface area (Å²) in [5.41, 5.74) is 2.64. The molecule has 4 rings (SSSR count). The Morgan fingerprint density at radius 1 is 1.13 bits per heavy atom. The molecule has 38 heavy (non-hydrogen) atoms. The van der Waals surface area contributed by atoms with Gasteiger partial charge in [-0.15, -0.1) is 6.58 Å². The molecule has 1 aromatic heterocycles. The van der Waals surface area contributed by atoms with Crippen LogP contribution in [0.5, 0.6) is 0 Å². The van der Waals surface area contributed by atoms with Crippen molar-refractivity contribution in [1.29, 1.82) is 0 Å². The fourth-order valence-electron chi connectivity index (χ4n) is 4.78. The average molecular weight is 580 g/mol. The number of aryl methyl sites for hydroxylation is 1. The van der Waals surface area contributed by atoms with Gasteiger partial charge in [0.15, 0.2) is 0 Å². The van der Waals surface area contributed by atoms with Gasteiger partial charge in [0.05, 0.1) is 0 Å². The van der Waals surface area contributed by atoms with Crippen molar-refractivity contribution < 1.29 is 14.1 Å². The van der Waals surface area contributed by atoms with Crippen LogP contribution in [0.25, 0.3) is 11.4 Å². The summed E-state index contributed by atoms with van der Waals surface area (Å²) in [6.07, 6.45) is 8.77. The van der Waals surface area contributed by atoms with E-state index in [0.29, 0.717) is 23.8 Å². The van der Waals surface area contributed by atoms with E-state index in [4.69, 9.17) is 4.52 Å². The maximum Gasteiger partial charge on any atom is 0.254 e. The normalized spacial score (nSPS) is 15.3. The number of piperidine rings is 1. The van der Waals surface area contributed by atoms with Crippen LogP contribution >= 0.6 is 15.9 Å². The minimum absolute atomic E-state index is 0.0344. The number of rotatable bonds is 11. The lowest BCUT2D eigenvalue weighted by atomic mass is 10.0. The predicted molar refractivity (Wildman–Crippen MR) is 152 cm³/mol. The first-order valence-corrected chi connectivity index (χ1v) is 14.2. The van der Waals surface area contributed by atoms with Crippen LogP contribution in [0.2, 0.25) is 0 Å². The summed E-state index contributed by atoms with van der Waals surface area (Å²) in [5, 5.41) is 4.16. The first-order chi connectivity index (χ1) is 18.5. The number of carbonyl (C=O) groups is 2. The summed E-state index contributed by atoms with van der Waals surface area (Å²) < 4.78 is 6.59. The Labute approximate surface area is 233 Å². The largest absolute Gasteiger partial charge is 0.337 e. The highest BCUT2D eigenvalue weighted by Crippen LogP contribution is 2.31. The molecule has 0 bridgehead atoms. The summed E-state index contributed by atoms with van der Waals surface area (Å²) >= 11 is 3.44. The lowest BCUT2D eigenvalue weighted by Crippen LogP contribution is -2.46. The summed E-state index contributed by atoms with van der Waals surface area (Å²) in [5.74, 6) is 0.606. The summed E-state index contributed by atoms with van der Waals surface area (Å²) in [6, 6.07) is 15.1. The van der Waals surface area contributed by atoms with E-state index in [0.717, 1.165) is 42.1 Å². The number of nitrogens with zero attached hydrogens (tertiary/aromatic N) is 4. The lowest BCUT2D eigenvalue weighted by Gasteiger charge is -2.35. The Kier molecular flexibility index (Phi) is 9.87. The van der Waals surface area contributed by atoms with Gasteiger partial charge in [-0.1, -0.05) is 59.1 Å². The molecule has 3 aromatic rings. The van der Waals surface area contributed by atoms with E-state index >= 15 is 0 Å². The van der Waals surface area contributed by atoms with Crippen LogP contribution in [0, 0.1) is 0 Å². The van der Waals surface area contributed by atoms with Crippen LogP contribution < -0.4 is 0 Å². The Bertz CT molecular complexity index is 1220. The van der Waals surface area contributed by atoms with Crippen LogP contribution in [0.4, 0.5) is 0 Å². The van der Waals surface area contributed by atoms with E-state index in [-0.39, 0.29) is 30.9 Å². The van der Waals surface area contributed by atoms with Gasteiger partial charge >= 0.3 is 0 Å². The number of unbranched alkanes of at least 4 members (excludes halogenated alkanes) is 2. The zero-order valence-corrected chi connectivity index (χ0v) is 23.5. The topological polar surface area (TPSA) is 79.5 Å². The zero-order valence-electron chi connectivity index (χ0n) is 21.9. The molecule has 0 radical (unpaired) electrons. The highest BCUT2D eigenvalue weighted by molar-refractivity contribution is 9.10. The molecule has 2 aromatic carbocycles. The van der Waals surface area contributed by atoms with Crippen LogP contribution in [0.15, 0.2) is 70.2 Å². The molecule has 1 aliphatic heterocycles. The molecule has 7 nitrogen and oxygen atoms in total. The third-order valence-electron chi connectivity index (χ3n) is 6.89. The molecule has 0 saturated carbocycles. The van der Waals surface area contributed by atoms with Crippen molar-refractivity contribution in [1.82, 2.24) is 19.9 Å². The van der Waals surface area contributed by atoms with Crippen LogP contribution in [-0.4, -0.2) is 51.4 Å². The van der Waals surface area contributed by atoms with Gasteiger partial charge in [-0.3, -0.25) is 9.59 Å². The Morgan fingerprint density at radius 3 is 2.61 bits per heavy atom. The molecule has 0 N–H and O–H groups in total. The number of hydrogen-bond acceptors (Lipinski definition) is 5. The molecule has 1 fully saturated rings. The fourth-order valence-corrected chi connectivity index (χ4v) is 5.04. The molecule has 0 aliphatic carbocycles. The molecule has 1 atom stereocenters. The molecule has 1 saturated heterocycles. The second-order valence-electron chi connectivity index (χ2n) is 9.69. The molecule has 2 heterocycles. The monoisotopic (exact) mass is 578 g/mol. The van der Waals surface area contributed by atoms with Gasteiger partial charge in [-0.05, 0) is 74.1 Å². The van der Waals surface area contributed by atoms with E-state index < -0.39 is 0 Å². The molecular formula is C30H35BrN4O3. The first-order valence-electron chi connectivity index (χ1n) is 13.4. The molecule has 8 heteroatoms. The second kappa shape index (κ2) is 13.5. The van der Waals surface area contributed by atoms with E-state index in [1.807, 2.05) is 48.5 Å². The van der Waals surface area contributed by atoms with Gasteiger partial charge in [0, 0.05) is 28.7 Å². The molecular weight excluding hydrogens is 544 g/mol. The lowest BCUT2D eigenvalue weighted by molar-refractivity contribution is -0.136. The SMILES string of the molecule is C=CCN(CC(=O)N1CCCCC1c1nc(-c2ccc(Br)cc2)no1)C(=O)c1ccc(CCCCC)cc1. The number of amides is 2. The standard InChI is InChI=1S/C30H35BrN4O3/c1-3-5-6-9-22-11-13-24(14-12-22)30(37)34(19-4-2)21-27(36)35-20-8-7-10-26(35)29-32-28(33-38-29)23-15-17-25(31)18-16-23/h4,11-18,26H,2-3,5-10,19-21H2,1H3. The first kappa shape index (κ1) is 27.8. The van der Waals surface area contributed by atoms with E-state index in [2.05, 4.69) is 39.6 Å². The van der Waals surface area contributed by atoms with Crippen LogP contribution in [0.1, 0.15) is 73.3 Å². The molecule has 1 unspecified atom stereocenters. The zero-order chi connectivity index (χ0) is 26.9. The number of hydrogen-bond donors (Lipinski definition) is 0. The highest BCUT2D eigenvalue weighted by Gasteiger charge is 2.33. The van der Waals surface area contributed by atoms with Crippen molar-refractivity contribution in [2.75, 3.05) is 19.6 Å². The van der Waals surface area contributed by atoms with Crippen LogP contribution in [-0.2, 0) is 11.2 Å². The second-order valence-corrected chi connectivity index (χ2v) is 10.6. The van der Waals surface area contributed by atoms with Crippen molar-refractivity contribution in [2.24, 2.45) is 0 Å². The minimum atomic E-state index is -0.309. The molecule has 200 valence electrons. The third kappa shape index (κ3) is 6.98. The number of halogens is 1. The summed E-state index contributed by atoms with van der Waals surface area (Å²) in [7, 11) is 0. The number of aromatic nitrogens is 2. The van der Waals surface area contributed by atoms with Crippen molar-refractivity contribution in [3.8, 4) is 11.4 Å². The Hall–Kier alpha value is -3.26. The summed E-state index contributed by atoms with van der Waals surface area (Å²) in [4.78, 5) is 34.8. The number of likely N-dealkylation sites (tertiary alicyclic amines) is 1. The molecule has 2 amide bonds. The van der Waals surface area contributed by atoms with E-state index in [1.165, 1.54) is 18.4 Å². The predicted octanol–water partition coefficient (Wildman–Crippen LogP) is 6.61. The van der Waals surface area contributed by atoms with Crippen molar-refractivity contribution in [2.45, 2.75) is 57.9 Å². The van der Waals surface area contributed by atoms with E-state index in [9.17, 15) is 9.59 Å². The minimum Gasteiger partial charge on any atom is -0.337 e. The average Bonchev–Trinajstić information content (AvgIpc) is 3.43. The van der Waals surface area contributed by atoms with Crippen LogP contribution in [0.3, 0.4) is 0 Å². The molecule has 0 spiro atoms. The number of carbonyl (C=O) groups excluding carboxylic acids is 2. The Balaban J connectivity index is 1.45. The van der Waals surface area contributed by atoms with Gasteiger partial charge in [0.1, 0.15) is 12.6 Å². The summed E-state index contributed by atoms with van der Waals surface area (Å²) in [6.45, 7) is 6.82. The van der Waals surface area contributed by atoms with E-state index in [1.54, 1.807) is 15.9 Å².